The summed E-state index contributed by atoms with van der Waals surface area (Å²) in [7, 11) is 0. The van der Waals surface area contributed by atoms with Gasteiger partial charge in [0.2, 0.25) is 0 Å². The van der Waals surface area contributed by atoms with Crippen molar-refractivity contribution >= 4 is 17.4 Å². The number of alkyl carbamates (subject to hydrolysis) is 1. The number of nitrogens with one attached hydrogen (secondary N) is 1. The van der Waals surface area contributed by atoms with E-state index in [1.54, 1.807) is 0 Å². The maximum absolute atomic E-state index is 12.5. The zero-order chi connectivity index (χ0) is 21.8. The second-order valence-corrected chi connectivity index (χ2v) is 7.70. The summed E-state index contributed by atoms with van der Waals surface area (Å²) >= 11 is 0.835. The number of carbonyl (C=O) groups is 1. The van der Waals surface area contributed by atoms with Crippen LogP contribution in [-0.2, 0) is 10.9 Å². The summed E-state index contributed by atoms with van der Waals surface area (Å²) in [6.07, 6.45) is -4.76. The summed E-state index contributed by atoms with van der Waals surface area (Å²) in [6.45, 7) is 0.437. The van der Waals surface area contributed by atoms with Gasteiger partial charge < -0.3 is 10.1 Å². The van der Waals surface area contributed by atoms with Crippen LogP contribution in [0.1, 0.15) is 34.2 Å². The summed E-state index contributed by atoms with van der Waals surface area (Å²) < 4.78 is 43.0. The van der Waals surface area contributed by atoms with Crippen molar-refractivity contribution in [3.63, 3.8) is 0 Å². The van der Waals surface area contributed by atoms with Crippen molar-refractivity contribution in [2.24, 2.45) is 0 Å². The largest absolute Gasteiger partial charge is 0.449 e. The third kappa shape index (κ3) is 4.72. The summed E-state index contributed by atoms with van der Waals surface area (Å²) in [5, 5.41) is 3.63. The molecule has 0 atom stereocenters. The van der Waals surface area contributed by atoms with E-state index in [2.05, 4.69) is 34.3 Å². The highest BCUT2D eigenvalue weighted by atomic mass is 32.1. The lowest BCUT2D eigenvalue weighted by atomic mass is 9.98. The Kier molecular flexibility index (Phi) is 5.96. The molecule has 1 aromatic heterocycles. The molecule has 0 saturated carbocycles. The van der Waals surface area contributed by atoms with Crippen molar-refractivity contribution in [1.82, 2.24) is 10.3 Å². The minimum atomic E-state index is -4.47. The molecule has 0 spiro atoms. The number of rotatable bonds is 4. The van der Waals surface area contributed by atoms with Crippen molar-refractivity contribution in [3.8, 4) is 23.0 Å². The SMILES string of the molecule is O=C(NCCC#Cc1nc(C(F)(F)F)cs1)OCC1c2ccccc2-c2ccccc21. The van der Waals surface area contributed by atoms with E-state index in [4.69, 9.17) is 4.74 Å². The lowest BCUT2D eigenvalue weighted by molar-refractivity contribution is -0.140. The van der Waals surface area contributed by atoms with E-state index in [0.29, 0.717) is 0 Å². The average molecular weight is 442 g/mol. The molecule has 8 heteroatoms. The zero-order valence-electron chi connectivity index (χ0n) is 16.2. The molecule has 4 rings (SSSR count). The van der Waals surface area contributed by atoms with Crippen LogP contribution in [-0.4, -0.2) is 24.2 Å². The van der Waals surface area contributed by atoms with Gasteiger partial charge in [0.1, 0.15) is 6.61 Å². The maximum Gasteiger partial charge on any atom is 0.434 e. The van der Waals surface area contributed by atoms with Gasteiger partial charge in [0.05, 0.1) is 0 Å². The molecule has 4 nitrogen and oxygen atoms in total. The molecular formula is C23H17F3N2O2S. The van der Waals surface area contributed by atoms with Crippen molar-refractivity contribution < 1.29 is 22.7 Å². The highest BCUT2D eigenvalue weighted by Crippen LogP contribution is 2.44. The van der Waals surface area contributed by atoms with Gasteiger partial charge in [-0.05, 0) is 28.2 Å². The molecule has 158 valence electrons. The van der Waals surface area contributed by atoms with Crippen LogP contribution >= 0.6 is 11.3 Å². The summed E-state index contributed by atoms with van der Waals surface area (Å²) in [5.74, 6) is 5.26. The van der Waals surface area contributed by atoms with Gasteiger partial charge in [0.15, 0.2) is 10.7 Å². The van der Waals surface area contributed by atoms with Crippen LogP contribution in [0.3, 0.4) is 0 Å². The minimum Gasteiger partial charge on any atom is -0.449 e. The van der Waals surface area contributed by atoms with Crippen LogP contribution in [0.25, 0.3) is 11.1 Å². The Hall–Kier alpha value is -3.31. The molecule has 1 heterocycles. The Bertz CT molecular complexity index is 1120. The number of carbonyl (C=O) groups excluding carboxylic acids is 1. The van der Waals surface area contributed by atoms with E-state index in [1.807, 2.05) is 36.4 Å². The third-order valence-electron chi connectivity index (χ3n) is 4.85. The number of hydrogen-bond acceptors (Lipinski definition) is 4. The molecule has 0 aliphatic heterocycles. The van der Waals surface area contributed by atoms with Crippen LogP contribution in [0.4, 0.5) is 18.0 Å². The Balaban J connectivity index is 1.27. The predicted octanol–water partition coefficient (Wildman–Crippen LogP) is 5.44. The molecule has 2 aromatic carbocycles. The minimum absolute atomic E-state index is 0.0225. The van der Waals surface area contributed by atoms with Gasteiger partial charge in [0.25, 0.3) is 0 Å². The van der Waals surface area contributed by atoms with Crippen molar-refractivity contribution in [1.29, 1.82) is 0 Å². The molecule has 31 heavy (non-hydrogen) atoms. The van der Waals surface area contributed by atoms with Crippen LogP contribution in [0.5, 0.6) is 0 Å². The van der Waals surface area contributed by atoms with E-state index in [0.717, 1.165) is 39.0 Å². The maximum atomic E-state index is 12.5. The van der Waals surface area contributed by atoms with E-state index < -0.39 is 18.0 Å². The zero-order valence-corrected chi connectivity index (χ0v) is 17.0. The number of benzene rings is 2. The van der Waals surface area contributed by atoms with Crippen LogP contribution in [0.2, 0.25) is 0 Å². The van der Waals surface area contributed by atoms with E-state index >= 15 is 0 Å². The number of alkyl halides is 3. The molecule has 1 aliphatic carbocycles. The fourth-order valence-corrected chi connectivity index (χ4v) is 4.17. The Morgan fingerprint density at radius 2 is 1.74 bits per heavy atom. The molecule has 1 amide bonds. The molecule has 1 aliphatic rings. The Morgan fingerprint density at radius 1 is 1.10 bits per heavy atom. The number of thiazole rings is 1. The Morgan fingerprint density at radius 3 is 2.35 bits per heavy atom. The topological polar surface area (TPSA) is 51.2 Å². The quantitative estimate of drug-likeness (QED) is 0.432. The lowest BCUT2D eigenvalue weighted by Gasteiger charge is -2.14. The van der Waals surface area contributed by atoms with Gasteiger partial charge in [-0.25, -0.2) is 9.78 Å². The molecule has 3 aromatic rings. The summed E-state index contributed by atoms with van der Waals surface area (Å²) in [6, 6.07) is 16.1. The average Bonchev–Trinajstić information content (AvgIpc) is 3.35. The fourth-order valence-electron chi connectivity index (χ4n) is 3.48. The molecule has 1 N–H and O–H groups in total. The van der Waals surface area contributed by atoms with Gasteiger partial charge in [-0.15, -0.1) is 11.3 Å². The fraction of sp³-hybridized carbons (Fsp3) is 0.217. The second-order valence-electron chi connectivity index (χ2n) is 6.84. The second kappa shape index (κ2) is 8.82. The molecular weight excluding hydrogens is 425 g/mol. The lowest BCUT2D eigenvalue weighted by Crippen LogP contribution is -2.26. The molecule has 0 saturated heterocycles. The summed E-state index contributed by atoms with van der Waals surface area (Å²) in [4.78, 5) is 15.5. The van der Waals surface area contributed by atoms with E-state index in [9.17, 15) is 18.0 Å². The first-order valence-electron chi connectivity index (χ1n) is 9.54. The van der Waals surface area contributed by atoms with Crippen LogP contribution < -0.4 is 5.32 Å². The van der Waals surface area contributed by atoms with E-state index in [1.165, 1.54) is 0 Å². The van der Waals surface area contributed by atoms with Gasteiger partial charge in [-0.2, -0.15) is 13.2 Å². The van der Waals surface area contributed by atoms with Crippen molar-refractivity contribution in [2.75, 3.05) is 13.2 Å². The van der Waals surface area contributed by atoms with Crippen molar-refractivity contribution in [3.05, 3.63) is 75.7 Å². The number of halogens is 3. The highest BCUT2D eigenvalue weighted by Gasteiger charge is 2.33. The van der Waals surface area contributed by atoms with Crippen LogP contribution in [0.15, 0.2) is 53.9 Å². The number of hydrogen-bond donors (Lipinski definition) is 1. The van der Waals surface area contributed by atoms with Gasteiger partial charge in [0, 0.05) is 24.3 Å². The van der Waals surface area contributed by atoms with Gasteiger partial charge in [-0.3, -0.25) is 0 Å². The van der Waals surface area contributed by atoms with Crippen LogP contribution in [0, 0.1) is 11.8 Å². The molecule has 0 bridgehead atoms. The third-order valence-corrected chi connectivity index (χ3v) is 5.61. The first-order chi connectivity index (χ1) is 14.9. The predicted molar refractivity (Wildman–Crippen MR) is 112 cm³/mol. The standard InChI is InChI=1S/C23H17F3N2O2S/c24-23(25,26)20-14-31-21(28-20)11-5-6-12-27-22(29)30-13-19-17-9-3-1-7-15(17)16-8-2-4-10-18(16)19/h1-4,7-10,14,19H,6,12-13H2,(H,27,29). The number of ether oxygens (including phenoxy) is 1. The molecule has 0 fully saturated rings. The monoisotopic (exact) mass is 442 g/mol. The number of fused-ring (bicyclic) bond motifs is 3. The van der Waals surface area contributed by atoms with Gasteiger partial charge >= 0.3 is 12.3 Å². The highest BCUT2D eigenvalue weighted by molar-refractivity contribution is 7.10. The van der Waals surface area contributed by atoms with E-state index in [-0.39, 0.29) is 30.5 Å². The smallest absolute Gasteiger partial charge is 0.434 e. The van der Waals surface area contributed by atoms with Gasteiger partial charge in [-0.1, -0.05) is 54.5 Å². The number of nitrogens with zero attached hydrogens (tertiary/aromatic N) is 1. The first-order valence-corrected chi connectivity index (χ1v) is 10.4. The summed E-state index contributed by atoms with van der Waals surface area (Å²) in [5.41, 5.74) is 3.61. The number of aromatic nitrogens is 1. The molecule has 0 unspecified atom stereocenters. The number of amides is 1. The van der Waals surface area contributed by atoms with Crippen molar-refractivity contribution in [2.45, 2.75) is 18.5 Å². The first kappa shape index (κ1) is 20.9. The molecule has 0 radical (unpaired) electrons. The Labute approximate surface area is 181 Å². The normalized spacial score (nSPS) is 12.5.